The number of aliphatic hydroxyl groups is 1. The molecule has 1 aliphatic rings. The maximum absolute atomic E-state index is 11.5. The number of hydrogen-bond donors (Lipinski definition) is 3. The lowest BCUT2D eigenvalue weighted by atomic mass is 9.93. The van der Waals surface area contributed by atoms with Gasteiger partial charge in [-0.1, -0.05) is 11.8 Å². The van der Waals surface area contributed by atoms with E-state index in [0.717, 1.165) is 22.6 Å². The Morgan fingerprint density at radius 1 is 1.50 bits per heavy atom. The van der Waals surface area contributed by atoms with Crippen LogP contribution < -0.4 is 10.6 Å². The highest BCUT2D eigenvalue weighted by Gasteiger charge is 2.18. The van der Waals surface area contributed by atoms with E-state index < -0.39 is 0 Å². The Labute approximate surface area is 110 Å². The average Bonchev–Trinajstić information content (AvgIpc) is 2.76. The third-order valence-corrected chi connectivity index (χ3v) is 3.82. The average molecular weight is 264 g/mol. The summed E-state index contributed by atoms with van der Waals surface area (Å²) in [5, 5.41) is 14.3. The van der Waals surface area contributed by atoms with Crippen molar-refractivity contribution in [1.82, 2.24) is 10.6 Å². The van der Waals surface area contributed by atoms with Gasteiger partial charge in [0.15, 0.2) is 0 Å². The Hall–Kier alpha value is -1.51. The van der Waals surface area contributed by atoms with Gasteiger partial charge in [-0.2, -0.15) is 0 Å². The third kappa shape index (κ3) is 3.76. The van der Waals surface area contributed by atoms with Crippen molar-refractivity contribution in [3.8, 4) is 11.8 Å². The second-order valence-electron chi connectivity index (χ2n) is 4.18. The molecule has 0 bridgehead atoms. The van der Waals surface area contributed by atoms with Gasteiger partial charge in [0.1, 0.15) is 6.61 Å². The van der Waals surface area contributed by atoms with Gasteiger partial charge in [-0.3, -0.25) is 0 Å². The molecule has 2 amide bonds. The summed E-state index contributed by atoms with van der Waals surface area (Å²) in [5.41, 5.74) is 0. The molecule has 4 nitrogen and oxygen atoms in total. The summed E-state index contributed by atoms with van der Waals surface area (Å²) in [7, 11) is 0. The number of amides is 2. The monoisotopic (exact) mass is 264 g/mol. The van der Waals surface area contributed by atoms with Gasteiger partial charge in [0, 0.05) is 10.9 Å². The molecule has 0 atom stereocenters. The molecular formula is C13H16N2O2S. The van der Waals surface area contributed by atoms with E-state index in [1.165, 1.54) is 17.8 Å². The van der Waals surface area contributed by atoms with Crippen LogP contribution in [0.3, 0.4) is 0 Å². The maximum Gasteiger partial charge on any atom is 0.315 e. The molecule has 0 aromatic carbocycles. The summed E-state index contributed by atoms with van der Waals surface area (Å²) in [5.74, 6) is 5.44. The molecule has 18 heavy (non-hydrogen) atoms. The first-order valence-corrected chi connectivity index (χ1v) is 6.82. The Bertz CT molecular complexity index is 469. The van der Waals surface area contributed by atoms with Crippen molar-refractivity contribution in [3.63, 3.8) is 0 Å². The summed E-state index contributed by atoms with van der Waals surface area (Å²) in [6.45, 7) is 0.388. The molecule has 96 valence electrons. The van der Waals surface area contributed by atoms with Crippen LogP contribution >= 0.6 is 11.3 Å². The van der Waals surface area contributed by atoms with Crippen molar-refractivity contribution in [1.29, 1.82) is 0 Å². The predicted octanol–water partition coefficient (Wildman–Crippen LogP) is 1.44. The summed E-state index contributed by atoms with van der Waals surface area (Å²) in [6, 6.07) is 4.10. The van der Waals surface area contributed by atoms with Crippen LogP contribution in [-0.4, -0.2) is 23.8 Å². The Balaban J connectivity index is 1.75. The normalized spacial score (nSPS) is 14.3. The fourth-order valence-electron chi connectivity index (χ4n) is 1.62. The molecule has 1 saturated carbocycles. The Morgan fingerprint density at radius 3 is 3.00 bits per heavy atom. The van der Waals surface area contributed by atoms with Crippen LogP contribution in [0.5, 0.6) is 0 Å². The molecule has 1 aromatic heterocycles. The van der Waals surface area contributed by atoms with Crippen LogP contribution in [0.4, 0.5) is 4.79 Å². The standard InChI is InChI=1S/C13H16N2O2S/c16-8-2-5-11-6-7-12(18-11)9-14-13(17)15-10-3-1-4-10/h6-7,10,16H,1,3-4,8-9H2,(H2,14,15,17). The quantitative estimate of drug-likeness (QED) is 0.724. The van der Waals surface area contributed by atoms with Crippen molar-refractivity contribution >= 4 is 17.4 Å². The van der Waals surface area contributed by atoms with Crippen LogP contribution in [0, 0.1) is 11.8 Å². The first kappa shape index (κ1) is 12.9. The zero-order valence-electron chi connectivity index (χ0n) is 10.0. The minimum absolute atomic E-state index is 0.101. The minimum atomic E-state index is -0.130. The van der Waals surface area contributed by atoms with Crippen molar-refractivity contribution in [2.24, 2.45) is 0 Å². The van der Waals surface area contributed by atoms with Gasteiger partial charge < -0.3 is 15.7 Å². The highest BCUT2D eigenvalue weighted by molar-refractivity contribution is 7.12. The molecule has 1 aliphatic carbocycles. The van der Waals surface area contributed by atoms with E-state index in [9.17, 15) is 4.79 Å². The van der Waals surface area contributed by atoms with Gasteiger partial charge in [-0.25, -0.2) is 4.79 Å². The molecule has 1 fully saturated rings. The number of hydrogen-bond acceptors (Lipinski definition) is 3. The zero-order valence-corrected chi connectivity index (χ0v) is 10.8. The maximum atomic E-state index is 11.5. The fraction of sp³-hybridized carbons (Fsp3) is 0.462. The van der Waals surface area contributed by atoms with Crippen molar-refractivity contribution < 1.29 is 9.90 Å². The number of rotatable bonds is 3. The molecule has 0 radical (unpaired) electrons. The molecule has 5 heteroatoms. The summed E-state index contributed by atoms with van der Waals surface area (Å²) >= 11 is 1.53. The van der Waals surface area contributed by atoms with E-state index in [1.54, 1.807) is 0 Å². The fourth-order valence-corrected chi connectivity index (χ4v) is 2.45. The van der Waals surface area contributed by atoms with Crippen LogP contribution in [0.15, 0.2) is 12.1 Å². The van der Waals surface area contributed by atoms with Crippen LogP contribution in [0.2, 0.25) is 0 Å². The van der Waals surface area contributed by atoms with Crippen molar-refractivity contribution in [2.75, 3.05) is 6.61 Å². The first-order chi connectivity index (χ1) is 8.78. The number of carbonyl (C=O) groups excluding carboxylic acids is 1. The largest absolute Gasteiger partial charge is 0.384 e. The van der Waals surface area contributed by atoms with Gasteiger partial charge in [0.25, 0.3) is 0 Å². The Kier molecular flexibility index (Phi) is 4.62. The SMILES string of the molecule is O=C(NCc1ccc(C#CCO)s1)NC1CCC1. The predicted molar refractivity (Wildman–Crippen MR) is 71.3 cm³/mol. The van der Waals surface area contributed by atoms with E-state index in [-0.39, 0.29) is 12.6 Å². The molecular weight excluding hydrogens is 248 g/mol. The van der Waals surface area contributed by atoms with E-state index in [2.05, 4.69) is 22.5 Å². The summed E-state index contributed by atoms with van der Waals surface area (Å²) < 4.78 is 0. The second kappa shape index (κ2) is 6.43. The summed E-state index contributed by atoms with van der Waals surface area (Å²) in [6.07, 6.45) is 3.39. The van der Waals surface area contributed by atoms with Crippen LogP contribution in [0.1, 0.15) is 29.0 Å². The minimum Gasteiger partial charge on any atom is -0.384 e. The number of nitrogens with one attached hydrogen (secondary N) is 2. The smallest absolute Gasteiger partial charge is 0.315 e. The van der Waals surface area contributed by atoms with Crippen molar-refractivity contribution in [3.05, 3.63) is 21.9 Å². The van der Waals surface area contributed by atoms with Crippen LogP contribution in [-0.2, 0) is 6.54 Å². The lowest BCUT2D eigenvalue weighted by molar-refractivity contribution is 0.228. The molecule has 0 unspecified atom stereocenters. The molecule has 1 heterocycles. The molecule has 0 spiro atoms. The van der Waals surface area contributed by atoms with Gasteiger partial charge in [0.05, 0.1) is 11.4 Å². The molecule has 0 saturated heterocycles. The van der Waals surface area contributed by atoms with E-state index in [1.807, 2.05) is 12.1 Å². The highest BCUT2D eigenvalue weighted by Crippen LogP contribution is 2.18. The lowest BCUT2D eigenvalue weighted by Crippen LogP contribution is -2.44. The molecule has 0 aliphatic heterocycles. The third-order valence-electron chi connectivity index (χ3n) is 2.82. The lowest BCUT2D eigenvalue weighted by Gasteiger charge is -2.26. The number of thiophene rings is 1. The van der Waals surface area contributed by atoms with E-state index >= 15 is 0 Å². The molecule has 2 rings (SSSR count). The molecule has 1 aromatic rings. The second-order valence-corrected chi connectivity index (χ2v) is 5.35. The van der Waals surface area contributed by atoms with Crippen molar-refractivity contribution in [2.45, 2.75) is 31.8 Å². The van der Waals surface area contributed by atoms with E-state index in [0.29, 0.717) is 12.6 Å². The van der Waals surface area contributed by atoms with Gasteiger partial charge in [0.2, 0.25) is 0 Å². The number of urea groups is 1. The molecule has 3 N–H and O–H groups in total. The Morgan fingerprint density at radius 2 is 2.33 bits per heavy atom. The van der Waals surface area contributed by atoms with Gasteiger partial charge >= 0.3 is 6.03 Å². The topological polar surface area (TPSA) is 61.4 Å². The van der Waals surface area contributed by atoms with Gasteiger partial charge in [-0.15, -0.1) is 11.3 Å². The van der Waals surface area contributed by atoms with Crippen LogP contribution in [0.25, 0.3) is 0 Å². The number of aliphatic hydroxyl groups excluding tert-OH is 1. The summed E-state index contributed by atoms with van der Waals surface area (Å²) in [4.78, 5) is 13.5. The highest BCUT2D eigenvalue weighted by atomic mass is 32.1. The van der Waals surface area contributed by atoms with E-state index in [4.69, 9.17) is 5.11 Å². The first-order valence-electron chi connectivity index (χ1n) is 6.01. The number of carbonyl (C=O) groups is 1. The van der Waals surface area contributed by atoms with Gasteiger partial charge in [-0.05, 0) is 31.4 Å². The zero-order chi connectivity index (χ0) is 12.8.